The first-order chi connectivity index (χ1) is 9.08. The highest BCUT2D eigenvalue weighted by molar-refractivity contribution is 5.82. The summed E-state index contributed by atoms with van der Waals surface area (Å²) in [6, 6.07) is 6.08. The van der Waals surface area contributed by atoms with E-state index in [0.717, 1.165) is 28.1 Å². The molecule has 0 amide bonds. The molecule has 3 rings (SSSR count). The molecule has 0 saturated carbocycles. The van der Waals surface area contributed by atoms with Gasteiger partial charge in [0, 0.05) is 18.9 Å². The van der Waals surface area contributed by atoms with E-state index in [0.29, 0.717) is 6.42 Å². The Morgan fingerprint density at radius 3 is 2.95 bits per heavy atom. The van der Waals surface area contributed by atoms with Crippen molar-refractivity contribution in [1.82, 2.24) is 14.0 Å². The minimum Gasteiger partial charge on any atom is -0.481 e. The predicted octanol–water partition coefficient (Wildman–Crippen LogP) is 2.15. The van der Waals surface area contributed by atoms with Gasteiger partial charge in [-0.2, -0.15) is 0 Å². The molecule has 0 aliphatic rings. The zero-order valence-corrected chi connectivity index (χ0v) is 10.9. The van der Waals surface area contributed by atoms with E-state index in [1.165, 1.54) is 0 Å². The van der Waals surface area contributed by atoms with Crippen molar-refractivity contribution in [2.24, 2.45) is 7.05 Å². The lowest BCUT2D eigenvalue weighted by Gasteiger charge is -1.99. The Labute approximate surface area is 110 Å². The number of aliphatic carboxylic acids is 1. The maximum absolute atomic E-state index is 10.7. The third-order valence-electron chi connectivity index (χ3n) is 3.51. The highest BCUT2D eigenvalue weighted by Gasteiger charge is 2.13. The van der Waals surface area contributed by atoms with Crippen molar-refractivity contribution in [2.45, 2.75) is 19.8 Å². The van der Waals surface area contributed by atoms with E-state index in [9.17, 15) is 4.79 Å². The van der Waals surface area contributed by atoms with Crippen molar-refractivity contribution >= 4 is 22.8 Å². The van der Waals surface area contributed by atoms with Crippen molar-refractivity contribution in [2.75, 3.05) is 0 Å². The van der Waals surface area contributed by atoms with Gasteiger partial charge in [-0.05, 0) is 25.0 Å². The molecule has 3 aromatic rings. The number of nitrogens with zero attached hydrogens (tertiary/aromatic N) is 3. The molecule has 0 aliphatic heterocycles. The number of aryl methyl sites for hydroxylation is 3. The monoisotopic (exact) mass is 257 g/mol. The Morgan fingerprint density at radius 1 is 1.42 bits per heavy atom. The van der Waals surface area contributed by atoms with Gasteiger partial charge in [0.15, 0.2) is 0 Å². The van der Waals surface area contributed by atoms with Crippen LogP contribution in [0, 0.1) is 6.92 Å². The number of carboxylic acid groups (broad SMARTS) is 1. The molecule has 0 saturated heterocycles. The Kier molecular flexibility index (Phi) is 2.55. The maximum atomic E-state index is 10.7. The van der Waals surface area contributed by atoms with Crippen LogP contribution in [0.2, 0.25) is 0 Å². The number of hydrogen-bond acceptors (Lipinski definition) is 2. The Hall–Kier alpha value is -2.30. The Bertz CT molecular complexity index is 783. The van der Waals surface area contributed by atoms with E-state index in [4.69, 9.17) is 5.11 Å². The van der Waals surface area contributed by atoms with Gasteiger partial charge in [-0.3, -0.25) is 9.20 Å². The number of carbonyl (C=O) groups is 1. The molecule has 0 bridgehead atoms. The number of rotatable bonds is 3. The summed E-state index contributed by atoms with van der Waals surface area (Å²) in [5, 5.41) is 8.77. The van der Waals surface area contributed by atoms with Crippen LogP contribution in [0.25, 0.3) is 16.8 Å². The Balaban J connectivity index is 2.17. The highest BCUT2D eigenvalue weighted by atomic mass is 16.4. The summed E-state index contributed by atoms with van der Waals surface area (Å²) in [5.41, 5.74) is 4.19. The zero-order chi connectivity index (χ0) is 13.6. The SMILES string of the molecule is Cc1cccc2c1nc1n(C)c(CCC(=O)O)cn21. The first-order valence-corrected chi connectivity index (χ1v) is 6.21. The van der Waals surface area contributed by atoms with Crippen molar-refractivity contribution < 1.29 is 9.90 Å². The van der Waals surface area contributed by atoms with Gasteiger partial charge >= 0.3 is 5.97 Å². The van der Waals surface area contributed by atoms with Crippen molar-refractivity contribution in [1.29, 1.82) is 0 Å². The fraction of sp³-hybridized carbons (Fsp3) is 0.286. The lowest BCUT2D eigenvalue weighted by Crippen LogP contribution is -2.02. The summed E-state index contributed by atoms with van der Waals surface area (Å²) < 4.78 is 3.99. The third kappa shape index (κ3) is 1.78. The van der Waals surface area contributed by atoms with Gasteiger partial charge in [0.25, 0.3) is 0 Å². The lowest BCUT2D eigenvalue weighted by atomic mass is 10.2. The van der Waals surface area contributed by atoms with Gasteiger partial charge in [0.2, 0.25) is 5.78 Å². The molecule has 0 radical (unpaired) electrons. The average molecular weight is 257 g/mol. The summed E-state index contributed by atoms with van der Waals surface area (Å²) >= 11 is 0. The van der Waals surface area contributed by atoms with Crippen LogP contribution in [0.1, 0.15) is 17.7 Å². The first kappa shape index (κ1) is 11.8. The molecule has 2 aromatic heterocycles. The van der Waals surface area contributed by atoms with Crippen molar-refractivity contribution in [3.8, 4) is 0 Å². The molecule has 98 valence electrons. The van der Waals surface area contributed by atoms with Crippen LogP contribution in [-0.2, 0) is 18.3 Å². The van der Waals surface area contributed by atoms with Crippen LogP contribution < -0.4 is 0 Å². The number of aromatic nitrogens is 3. The molecule has 1 aromatic carbocycles. The van der Waals surface area contributed by atoms with Gasteiger partial charge < -0.3 is 9.67 Å². The van der Waals surface area contributed by atoms with E-state index < -0.39 is 5.97 Å². The lowest BCUT2D eigenvalue weighted by molar-refractivity contribution is -0.136. The average Bonchev–Trinajstić information content (AvgIpc) is 2.87. The van der Waals surface area contributed by atoms with Crippen molar-refractivity contribution in [3.63, 3.8) is 0 Å². The summed E-state index contributed by atoms with van der Waals surface area (Å²) in [7, 11) is 1.92. The van der Waals surface area contributed by atoms with E-state index in [1.807, 2.05) is 47.3 Å². The Morgan fingerprint density at radius 2 is 2.21 bits per heavy atom. The van der Waals surface area contributed by atoms with Crippen LogP contribution in [0.3, 0.4) is 0 Å². The zero-order valence-electron chi connectivity index (χ0n) is 10.9. The molecule has 0 spiro atoms. The molecule has 2 heterocycles. The van der Waals surface area contributed by atoms with Crippen LogP contribution in [0.15, 0.2) is 24.4 Å². The maximum Gasteiger partial charge on any atom is 0.303 e. The number of para-hydroxylation sites is 1. The number of fused-ring (bicyclic) bond motifs is 3. The van der Waals surface area contributed by atoms with Crippen LogP contribution >= 0.6 is 0 Å². The molecule has 0 atom stereocenters. The summed E-state index contributed by atoms with van der Waals surface area (Å²) in [5.74, 6) is 0.0734. The van der Waals surface area contributed by atoms with Crippen LogP contribution in [-0.4, -0.2) is 25.0 Å². The summed E-state index contributed by atoms with van der Waals surface area (Å²) in [4.78, 5) is 15.3. The number of hydrogen-bond donors (Lipinski definition) is 1. The van der Waals surface area contributed by atoms with E-state index in [1.54, 1.807) is 0 Å². The minimum absolute atomic E-state index is 0.137. The number of benzene rings is 1. The second-order valence-electron chi connectivity index (χ2n) is 4.80. The van der Waals surface area contributed by atoms with E-state index >= 15 is 0 Å². The van der Waals surface area contributed by atoms with E-state index in [2.05, 4.69) is 4.98 Å². The van der Waals surface area contributed by atoms with Crippen molar-refractivity contribution in [3.05, 3.63) is 35.7 Å². The molecule has 1 N–H and O–H groups in total. The molecule has 5 nitrogen and oxygen atoms in total. The second kappa shape index (κ2) is 4.12. The van der Waals surface area contributed by atoms with Gasteiger partial charge in [-0.25, -0.2) is 4.98 Å². The van der Waals surface area contributed by atoms with E-state index in [-0.39, 0.29) is 6.42 Å². The summed E-state index contributed by atoms with van der Waals surface area (Å²) in [6.07, 6.45) is 2.63. The fourth-order valence-electron chi connectivity index (χ4n) is 2.44. The second-order valence-corrected chi connectivity index (χ2v) is 4.80. The highest BCUT2D eigenvalue weighted by Crippen LogP contribution is 2.21. The molecule has 0 aliphatic carbocycles. The third-order valence-corrected chi connectivity index (χ3v) is 3.51. The summed E-state index contributed by atoms with van der Waals surface area (Å²) in [6.45, 7) is 2.04. The molecular weight excluding hydrogens is 242 g/mol. The molecule has 0 fully saturated rings. The quantitative estimate of drug-likeness (QED) is 0.782. The normalized spacial score (nSPS) is 11.5. The molecule has 5 heteroatoms. The van der Waals surface area contributed by atoms with Crippen LogP contribution in [0.4, 0.5) is 0 Å². The standard InChI is InChI=1S/C14H15N3O2/c1-9-4-3-5-11-13(9)15-14-16(2)10(8-17(11)14)6-7-12(18)19/h3-5,8H,6-7H2,1-2H3,(H,18,19). The predicted molar refractivity (Wildman–Crippen MR) is 72.4 cm³/mol. The molecular formula is C14H15N3O2. The van der Waals surface area contributed by atoms with Gasteiger partial charge in [0.05, 0.1) is 17.5 Å². The van der Waals surface area contributed by atoms with Crippen LogP contribution in [0.5, 0.6) is 0 Å². The number of carboxylic acids is 1. The molecule has 0 unspecified atom stereocenters. The van der Waals surface area contributed by atoms with Gasteiger partial charge in [-0.1, -0.05) is 12.1 Å². The fourth-order valence-corrected chi connectivity index (χ4v) is 2.44. The largest absolute Gasteiger partial charge is 0.481 e. The minimum atomic E-state index is -0.778. The topological polar surface area (TPSA) is 59.5 Å². The smallest absolute Gasteiger partial charge is 0.303 e. The van der Waals surface area contributed by atoms with Gasteiger partial charge in [-0.15, -0.1) is 0 Å². The number of imidazole rings is 2. The molecule has 19 heavy (non-hydrogen) atoms. The van der Waals surface area contributed by atoms with Gasteiger partial charge in [0.1, 0.15) is 0 Å². The first-order valence-electron chi connectivity index (χ1n) is 6.21.